The van der Waals surface area contributed by atoms with Gasteiger partial charge in [-0.15, -0.1) is 0 Å². The SMILES string of the molecule is CCc1cccc(CC)c1NC(=O)CSc1nc(-c2ccco2)nc2ccccc12. The standard InChI is InChI=1S/C24H23N3O2S/c1-3-16-9-7-10-17(4-2)22(16)26-21(28)15-30-24-18-11-5-6-12-19(18)25-23(27-24)20-13-8-14-29-20/h5-14H,3-4,15H2,1-2H3,(H,26,28). The fourth-order valence-corrected chi connectivity index (χ4v) is 4.21. The Morgan fingerprint density at radius 3 is 2.43 bits per heavy atom. The molecule has 2 aromatic heterocycles. The largest absolute Gasteiger partial charge is 0.461 e. The molecule has 0 radical (unpaired) electrons. The quantitative estimate of drug-likeness (QED) is 0.306. The Hall–Kier alpha value is -3.12. The molecule has 0 aliphatic rings. The molecule has 4 rings (SSSR count). The van der Waals surface area contributed by atoms with Crippen molar-refractivity contribution < 1.29 is 9.21 Å². The number of carbonyl (C=O) groups excluding carboxylic acids is 1. The summed E-state index contributed by atoms with van der Waals surface area (Å²) in [6.07, 6.45) is 3.35. The number of furan rings is 1. The van der Waals surface area contributed by atoms with Gasteiger partial charge in [0.05, 0.1) is 17.5 Å². The maximum Gasteiger partial charge on any atom is 0.234 e. The molecule has 30 heavy (non-hydrogen) atoms. The first-order chi connectivity index (χ1) is 14.7. The number of nitrogens with zero attached hydrogens (tertiary/aromatic N) is 2. The highest BCUT2D eigenvalue weighted by Gasteiger charge is 2.14. The van der Waals surface area contributed by atoms with Crippen LogP contribution in [0.1, 0.15) is 25.0 Å². The number of hydrogen-bond donors (Lipinski definition) is 1. The number of thioether (sulfide) groups is 1. The number of anilines is 1. The molecule has 1 N–H and O–H groups in total. The third-order valence-corrected chi connectivity index (χ3v) is 5.90. The van der Waals surface area contributed by atoms with Crippen LogP contribution in [0, 0.1) is 0 Å². The van der Waals surface area contributed by atoms with Crippen LogP contribution in [0.5, 0.6) is 0 Å². The van der Waals surface area contributed by atoms with Gasteiger partial charge >= 0.3 is 0 Å². The Morgan fingerprint density at radius 1 is 0.967 bits per heavy atom. The van der Waals surface area contributed by atoms with Crippen molar-refractivity contribution >= 4 is 34.3 Å². The predicted molar refractivity (Wildman–Crippen MR) is 122 cm³/mol. The van der Waals surface area contributed by atoms with Crippen molar-refractivity contribution in [1.82, 2.24) is 9.97 Å². The van der Waals surface area contributed by atoms with Crippen molar-refractivity contribution in [2.75, 3.05) is 11.1 Å². The van der Waals surface area contributed by atoms with Crippen molar-refractivity contribution in [1.29, 1.82) is 0 Å². The van der Waals surface area contributed by atoms with Crippen LogP contribution in [0.2, 0.25) is 0 Å². The Bertz CT molecular complexity index is 1150. The summed E-state index contributed by atoms with van der Waals surface area (Å²) < 4.78 is 5.47. The van der Waals surface area contributed by atoms with Crippen molar-refractivity contribution in [2.45, 2.75) is 31.7 Å². The van der Waals surface area contributed by atoms with Crippen LogP contribution < -0.4 is 5.32 Å². The summed E-state index contributed by atoms with van der Waals surface area (Å²) in [6.45, 7) is 4.20. The molecular weight excluding hydrogens is 394 g/mol. The summed E-state index contributed by atoms with van der Waals surface area (Å²) in [5, 5.41) is 4.81. The van der Waals surface area contributed by atoms with Crippen molar-refractivity contribution in [3.63, 3.8) is 0 Å². The Labute approximate surface area is 179 Å². The zero-order chi connectivity index (χ0) is 20.9. The smallest absolute Gasteiger partial charge is 0.234 e. The van der Waals surface area contributed by atoms with Crippen molar-refractivity contribution in [2.24, 2.45) is 0 Å². The molecule has 0 saturated carbocycles. The first-order valence-electron chi connectivity index (χ1n) is 10.0. The molecular formula is C24H23N3O2S. The third kappa shape index (κ3) is 4.24. The van der Waals surface area contributed by atoms with Crippen LogP contribution in [-0.2, 0) is 17.6 Å². The van der Waals surface area contributed by atoms with Gasteiger partial charge in [0.1, 0.15) is 5.03 Å². The second-order valence-corrected chi connectivity index (χ2v) is 7.81. The average molecular weight is 418 g/mol. The van der Waals surface area contributed by atoms with Gasteiger partial charge in [-0.2, -0.15) is 0 Å². The fraction of sp³-hybridized carbons (Fsp3) is 0.208. The predicted octanol–water partition coefficient (Wildman–Crippen LogP) is 5.75. The van der Waals surface area contributed by atoms with E-state index in [1.807, 2.05) is 42.5 Å². The van der Waals surface area contributed by atoms with Gasteiger partial charge in [0, 0.05) is 11.1 Å². The van der Waals surface area contributed by atoms with Gasteiger partial charge in [-0.25, -0.2) is 9.97 Å². The Balaban J connectivity index is 1.57. The molecule has 1 amide bonds. The Morgan fingerprint density at radius 2 is 1.73 bits per heavy atom. The monoisotopic (exact) mass is 417 g/mol. The minimum atomic E-state index is -0.0437. The number of para-hydroxylation sites is 2. The second-order valence-electron chi connectivity index (χ2n) is 6.84. The lowest BCUT2D eigenvalue weighted by Crippen LogP contribution is -2.17. The molecule has 2 heterocycles. The zero-order valence-corrected chi connectivity index (χ0v) is 17.8. The first-order valence-corrected chi connectivity index (χ1v) is 11.0. The van der Waals surface area contributed by atoms with Gasteiger partial charge in [0.15, 0.2) is 11.6 Å². The summed E-state index contributed by atoms with van der Waals surface area (Å²) in [7, 11) is 0. The summed E-state index contributed by atoms with van der Waals surface area (Å²) in [4.78, 5) is 22.0. The van der Waals surface area contributed by atoms with E-state index in [0.717, 1.165) is 45.6 Å². The maximum absolute atomic E-state index is 12.8. The van der Waals surface area contributed by atoms with Crippen LogP contribution in [0.3, 0.4) is 0 Å². The van der Waals surface area contributed by atoms with Crippen molar-refractivity contribution in [3.8, 4) is 11.6 Å². The highest BCUT2D eigenvalue weighted by molar-refractivity contribution is 8.00. The van der Waals surface area contributed by atoms with E-state index in [2.05, 4.69) is 41.3 Å². The number of benzene rings is 2. The molecule has 0 unspecified atom stereocenters. The fourth-order valence-electron chi connectivity index (χ4n) is 3.39. The van der Waals surface area contributed by atoms with Crippen LogP contribution in [0.25, 0.3) is 22.5 Å². The summed E-state index contributed by atoms with van der Waals surface area (Å²) in [6, 6.07) is 17.6. The number of aryl methyl sites for hydroxylation is 2. The van der Waals surface area contributed by atoms with Crippen LogP contribution in [-0.4, -0.2) is 21.6 Å². The lowest BCUT2D eigenvalue weighted by molar-refractivity contribution is -0.113. The number of carbonyl (C=O) groups is 1. The second kappa shape index (κ2) is 9.13. The number of hydrogen-bond acceptors (Lipinski definition) is 5. The van der Waals surface area contributed by atoms with E-state index in [0.29, 0.717) is 11.6 Å². The summed E-state index contributed by atoms with van der Waals surface area (Å²) >= 11 is 1.41. The highest BCUT2D eigenvalue weighted by Crippen LogP contribution is 2.29. The van der Waals surface area contributed by atoms with Gasteiger partial charge in [0.25, 0.3) is 0 Å². The topological polar surface area (TPSA) is 68.0 Å². The minimum Gasteiger partial charge on any atom is -0.461 e. The molecule has 152 valence electrons. The molecule has 5 nitrogen and oxygen atoms in total. The lowest BCUT2D eigenvalue weighted by Gasteiger charge is -2.14. The van der Waals surface area contributed by atoms with Gasteiger partial charge in [-0.05, 0) is 42.2 Å². The molecule has 0 aliphatic heterocycles. The van der Waals surface area contributed by atoms with E-state index >= 15 is 0 Å². The molecule has 0 aliphatic carbocycles. The normalized spacial score (nSPS) is 11.0. The molecule has 0 fully saturated rings. The number of nitrogens with one attached hydrogen (secondary N) is 1. The van der Waals surface area contributed by atoms with Crippen molar-refractivity contribution in [3.05, 3.63) is 72.0 Å². The number of amides is 1. The van der Waals surface area contributed by atoms with Crippen LogP contribution in [0.15, 0.2) is 70.3 Å². The van der Waals surface area contributed by atoms with E-state index in [1.165, 1.54) is 11.8 Å². The van der Waals surface area contributed by atoms with Crippen LogP contribution in [0.4, 0.5) is 5.69 Å². The zero-order valence-electron chi connectivity index (χ0n) is 17.0. The van der Waals surface area contributed by atoms with E-state index in [4.69, 9.17) is 4.42 Å². The number of rotatable bonds is 7. The first kappa shape index (κ1) is 20.2. The van der Waals surface area contributed by atoms with Gasteiger partial charge in [-0.1, -0.05) is 62.0 Å². The molecule has 0 saturated heterocycles. The van der Waals surface area contributed by atoms with Crippen LogP contribution >= 0.6 is 11.8 Å². The van der Waals surface area contributed by atoms with E-state index in [-0.39, 0.29) is 11.7 Å². The molecule has 0 bridgehead atoms. The number of aromatic nitrogens is 2. The lowest BCUT2D eigenvalue weighted by atomic mass is 10.0. The molecule has 4 aromatic rings. The molecule has 0 atom stereocenters. The van der Waals surface area contributed by atoms with E-state index < -0.39 is 0 Å². The highest BCUT2D eigenvalue weighted by atomic mass is 32.2. The molecule has 6 heteroatoms. The molecule has 2 aromatic carbocycles. The average Bonchev–Trinajstić information content (AvgIpc) is 3.32. The van der Waals surface area contributed by atoms with Gasteiger partial charge in [-0.3, -0.25) is 4.79 Å². The third-order valence-electron chi connectivity index (χ3n) is 4.91. The van der Waals surface area contributed by atoms with E-state index in [1.54, 1.807) is 6.26 Å². The van der Waals surface area contributed by atoms with Gasteiger partial charge < -0.3 is 9.73 Å². The summed E-state index contributed by atoms with van der Waals surface area (Å²) in [5.41, 5.74) is 4.07. The van der Waals surface area contributed by atoms with E-state index in [9.17, 15) is 4.79 Å². The minimum absolute atomic E-state index is 0.0437. The Kier molecular flexibility index (Phi) is 6.14. The molecule has 0 spiro atoms. The van der Waals surface area contributed by atoms with Gasteiger partial charge in [0.2, 0.25) is 5.91 Å². The maximum atomic E-state index is 12.8. The summed E-state index contributed by atoms with van der Waals surface area (Å²) in [5.74, 6) is 1.35. The number of fused-ring (bicyclic) bond motifs is 1.